The monoisotopic (exact) mass is 498 g/mol. The molecule has 1 fully saturated rings. The molecule has 2 aromatic rings. The first kappa shape index (κ1) is 26.1. The standard InChI is InChI=1S/C23H29F3N4O3S/c1-13-10-14(2)28-20(27-13)16-9-7-8-15(18(16)24)11-17-19(29-34(6,32)33)23(25,26)12-30(17)21(31)22(3,4)5/h7-10,17,19,29H,11-12H2,1-6H3/t17-,19+/m0/s1. The number of carbonyl (C=O) groups excluding carboxylic acids is 1. The summed E-state index contributed by atoms with van der Waals surface area (Å²) in [5.74, 6) is -4.67. The van der Waals surface area contributed by atoms with Crippen LogP contribution in [0.4, 0.5) is 13.2 Å². The smallest absolute Gasteiger partial charge is 0.283 e. The predicted octanol–water partition coefficient (Wildman–Crippen LogP) is 3.25. The topological polar surface area (TPSA) is 92.3 Å². The van der Waals surface area contributed by atoms with Crippen LogP contribution in [0.25, 0.3) is 11.4 Å². The van der Waals surface area contributed by atoms with E-state index in [2.05, 4.69) is 9.97 Å². The molecule has 34 heavy (non-hydrogen) atoms. The summed E-state index contributed by atoms with van der Waals surface area (Å²) in [5, 5.41) is 0. The van der Waals surface area contributed by atoms with E-state index < -0.39 is 51.7 Å². The van der Waals surface area contributed by atoms with E-state index in [1.54, 1.807) is 46.8 Å². The number of amides is 1. The van der Waals surface area contributed by atoms with Gasteiger partial charge in [-0.3, -0.25) is 4.79 Å². The summed E-state index contributed by atoms with van der Waals surface area (Å²) in [6.07, 6.45) is 0.446. The van der Waals surface area contributed by atoms with Crippen LogP contribution in [0.15, 0.2) is 24.3 Å². The van der Waals surface area contributed by atoms with Crippen molar-refractivity contribution in [2.45, 2.75) is 59.0 Å². The average molecular weight is 499 g/mol. The summed E-state index contributed by atoms with van der Waals surface area (Å²) in [4.78, 5) is 22.5. The molecule has 0 spiro atoms. The van der Waals surface area contributed by atoms with E-state index >= 15 is 4.39 Å². The Morgan fingerprint density at radius 2 is 1.79 bits per heavy atom. The third-order valence-electron chi connectivity index (χ3n) is 5.60. The number of nitrogens with zero attached hydrogens (tertiary/aromatic N) is 3. The first-order valence-electron chi connectivity index (χ1n) is 10.8. The van der Waals surface area contributed by atoms with Gasteiger partial charge in [-0.25, -0.2) is 36.3 Å². The van der Waals surface area contributed by atoms with Crippen LogP contribution in [0.2, 0.25) is 0 Å². The maximum atomic E-state index is 15.6. The largest absolute Gasteiger partial charge is 0.331 e. The number of alkyl halides is 2. The molecule has 1 N–H and O–H groups in total. The van der Waals surface area contributed by atoms with Crippen molar-refractivity contribution in [3.8, 4) is 11.4 Å². The Hall–Kier alpha value is -2.53. The molecule has 2 heterocycles. The highest BCUT2D eigenvalue weighted by Crippen LogP contribution is 2.38. The van der Waals surface area contributed by atoms with Crippen LogP contribution in [0, 0.1) is 25.1 Å². The van der Waals surface area contributed by atoms with Crippen molar-refractivity contribution >= 4 is 15.9 Å². The normalized spacial score (nSPS) is 20.6. The maximum Gasteiger partial charge on any atom is 0.283 e. The van der Waals surface area contributed by atoms with E-state index in [1.807, 2.05) is 4.72 Å². The van der Waals surface area contributed by atoms with Crippen LogP contribution in [0.3, 0.4) is 0 Å². The molecule has 0 unspecified atom stereocenters. The Morgan fingerprint density at radius 1 is 1.21 bits per heavy atom. The van der Waals surface area contributed by atoms with Gasteiger partial charge in [-0.15, -0.1) is 0 Å². The van der Waals surface area contributed by atoms with Gasteiger partial charge in [0.15, 0.2) is 5.82 Å². The molecule has 7 nitrogen and oxygen atoms in total. The minimum Gasteiger partial charge on any atom is -0.331 e. The number of rotatable bonds is 5. The Morgan fingerprint density at radius 3 is 2.32 bits per heavy atom. The average Bonchev–Trinajstić information content (AvgIpc) is 2.90. The van der Waals surface area contributed by atoms with Crippen LogP contribution in [-0.2, 0) is 21.2 Å². The van der Waals surface area contributed by atoms with Crippen molar-refractivity contribution in [2.24, 2.45) is 5.41 Å². The number of hydrogen-bond acceptors (Lipinski definition) is 5. The van der Waals surface area contributed by atoms with Gasteiger partial charge in [-0.2, -0.15) is 0 Å². The van der Waals surface area contributed by atoms with Crippen molar-refractivity contribution in [2.75, 3.05) is 12.8 Å². The lowest BCUT2D eigenvalue weighted by molar-refractivity contribution is -0.141. The minimum atomic E-state index is -4.04. The van der Waals surface area contributed by atoms with Gasteiger partial charge in [0.05, 0.1) is 24.4 Å². The number of sulfonamides is 1. The first-order chi connectivity index (χ1) is 15.5. The molecule has 0 bridgehead atoms. The number of hydrogen-bond donors (Lipinski definition) is 1. The molecule has 0 radical (unpaired) electrons. The maximum absolute atomic E-state index is 15.6. The summed E-state index contributed by atoms with van der Waals surface area (Å²) >= 11 is 0. The van der Waals surface area contributed by atoms with Gasteiger partial charge < -0.3 is 4.90 Å². The van der Waals surface area contributed by atoms with E-state index in [-0.39, 0.29) is 23.4 Å². The van der Waals surface area contributed by atoms with Crippen molar-refractivity contribution in [3.63, 3.8) is 0 Å². The lowest BCUT2D eigenvalue weighted by atomic mass is 9.92. The molecular formula is C23H29F3N4O3S. The van der Waals surface area contributed by atoms with Crippen LogP contribution in [0.1, 0.15) is 37.7 Å². The summed E-state index contributed by atoms with van der Waals surface area (Å²) in [7, 11) is -4.04. The zero-order chi connectivity index (χ0) is 25.6. The number of carbonyl (C=O) groups is 1. The Bertz CT molecular complexity index is 1190. The summed E-state index contributed by atoms with van der Waals surface area (Å²) < 4.78 is 71.3. The second-order valence-corrected chi connectivity index (χ2v) is 11.6. The molecular weight excluding hydrogens is 469 g/mol. The fourth-order valence-electron chi connectivity index (χ4n) is 4.16. The van der Waals surface area contributed by atoms with Gasteiger partial charge >= 0.3 is 0 Å². The fourth-order valence-corrected chi connectivity index (χ4v) is 4.95. The van der Waals surface area contributed by atoms with Crippen LogP contribution < -0.4 is 4.72 Å². The molecule has 0 aliphatic carbocycles. The molecule has 1 amide bonds. The molecule has 2 atom stereocenters. The molecule has 1 aliphatic rings. The number of nitrogens with one attached hydrogen (secondary N) is 1. The highest BCUT2D eigenvalue weighted by Gasteiger charge is 2.57. The first-order valence-corrected chi connectivity index (χ1v) is 12.6. The summed E-state index contributed by atoms with van der Waals surface area (Å²) in [6, 6.07) is 2.99. The van der Waals surface area contributed by atoms with Gasteiger partial charge in [0.1, 0.15) is 11.9 Å². The number of likely N-dealkylation sites (tertiary alicyclic amines) is 1. The van der Waals surface area contributed by atoms with E-state index in [9.17, 15) is 22.0 Å². The molecule has 1 aromatic carbocycles. The highest BCUT2D eigenvalue weighted by atomic mass is 32.2. The quantitative estimate of drug-likeness (QED) is 0.683. The van der Waals surface area contributed by atoms with Gasteiger partial charge in [0, 0.05) is 16.8 Å². The second-order valence-electron chi connectivity index (χ2n) is 9.84. The molecule has 11 heteroatoms. The van der Waals surface area contributed by atoms with E-state index in [1.165, 1.54) is 12.1 Å². The van der Waals surface area contributed by atoms with Gasteiger partial charge in [-0.1, -0.05) is 32.9 Å². The van der Waals surface area contributed by atoms with E-state index in [0.717, 1.165) is 11.2 Å². The van der Waals surface area contributed by atoms with Gasteiger partial charge in [0.2, 0.25) is 15.9 Å². The van der Waals surface area contributed by atoms with Crippen molar-refractivity contribution < 1.29 is 26.4 Å². The van der Waals surface area contributed by atoms with E-state index in [4.69, 9.17) is 0 Å². The fraction of sp³-hybridized carbons (Fsp3) is 0.522. The third kappa shape index (κ3) is 5.57. The predicted molar refractivity (Wildman–Crippen MR) is 122 cm³/mol. The molecule has 186 valence electrons. The Labute approximate surface area is 197 Å². The van der Waals surface area contributed by atoms with Crippen molar-refractivity contribution in [1.82, 2.24) is 19.6 Å². The van der Waals surface area contributed by atoms with E-state index in [0.29, 0.717) is 11.4 Å². The summed E-state index contributed by atoms with van der Waals surface area (Å²) in [6.45, 7) is 7.28. The number of aromatic nitrogens is 2. The van der Waals surface area contributed by atoms with Gasteiger partial charge in [0.25, 0.3) is 5.92 Å². The minimum absolute atomic E-state index is 0.0509. The third-order valence-corrected chi connectivity index (χ3v) is 6.28. The van der Waals surface area contributed by atoms with Gasteiger partial charge in [-0.05, 0) is 38.0 Å². The zero-order valence-electron chi connectivity index (χ0n) is 20.0. The molecule has 1 aliphatic heterocycles. The number of aryl methyl sites for hydroxylation is 2. The number of benzene rings is 1. The molecule has 0 saturated carbocycles. The van der Waals surface area contributed by atoms with Crippen LogP contribution >= 0.6 is 0 Å². The summed E-state index contributed by atoms with van der Waals surface area (Å²) in [5.41, 5.74) is 0.427. The second kappa shape index (κ2) is 8.92. The number of halogens is 3. The van der Waals surface area contributed by atoms with Crippen LogP contribution in [-0.4, -0.2) is 60.0 Å². The van der Waals surface area contributed by atoms with Crippen molar-refractivity contribution in [1.29, 1.82) is 0 Å². The Kier molecular flexibility index (Phi) is 6.84. The SMILES string of the molecule is Cc1cc(C)nc(-c2cccc(C[C@H]3[C@@H](NS(C)(=O)=O)C(F)(F)CN3C(=O)C(C)(C)C)c2F)n1. The zero-order valence-corrected chi connectivity index (χ0v) is 20.8. The lowest BCUT2D eigenvalue weighted by Crippen LogP contribution is -2.53. The lowest BCUT2D eigenvalue weighted by Gasteiger charge is -2.32. The highest BCUT2D eigenvalue weighted by molar-refractivity contribution is 7.88. The van der Waals surface area contributed by atoms with Crippen molar-refractivity contribution in [3.05, 3.63) is 47.0 Å². The Balaban J connectivity index is 2.08. The molecule has 1 aromatic heterocycles. The van der Waals surface area contributed by atoms with Crippen LogP contribution in [0.5, 0.6) is 0 Å². The molecule has 1 saturated heterocycles. The molecule has 3 rings (SSSR count).